The first-order valence-corrected chi connectivity index (χ1v) is 11.4. The summed E-state index contributed by atoms with van der Waals surface area (Å²) in [5.74, 6) is -0.591. The molecule has 0 fully saturated rings. The van der Waals surface area contributed by atoms with Crippen LogP contribution in [0.4, 0.5) is 8.78 Å². The van der Waals surface area contributed by atoms with Crippen molar-refractivity contribution in [3.05, 3.63) is 96.3 Å². The zero-order valence-corrected chi connectivity index (χ0v) is 16.7. The van der Waals surface area contributed by atoms with Crippen molar-refractivity contribution in [3.8, 4) is 0 Å². The lowest BCUT2D eigenvalue weighted by molar-refractivity contribution is 0.308. The van der Waals surface area contributed by atoms with Gasteiger partial charge in [0.1, 0.15) is 12.0 Å². The summed E-state index contributed by atoms with van der Waals surface area (Å²) in [4.78, 5) is -0.573. The molecule has 1 atom stereocenters. The number of hydrogen-bond donors (Lipinski definition) is 0. The minimum Gasteiger partial charge on any atom is -0.241 e. The summed E-state index contributed by atoms with van der Waals surface area (Å²) < 4.78 is 80.6. The van der Waals surface area contributed by atoms with Gasteiger partial charge in [-0.2, -0.15) is 0 Å². The van der Waals surface area contributed by atoms with E-state index in [4.69, 9.17) is 0 Å². The number of benzene rings is 3. The first-order valence-electron chi connectivity index (χ1n) is 8.50. The van der Waals surface area contributed by atoms with Gasteiger partial charge in [0, 0.05) is 0 Å². The van der Waals surface area contributed by atoms with Crippen LogP contribution in [0.1, 0.15) is 11.7 Å². The van der Waals surface area contributed by atoms with Gasteiger partial charge in [0.2, 0.25) is 0 Å². The molecule has 9 heteroatoms. The second-order valence-corrected chi connectivity index (χ2v) is 10.1. The number of sulfonamides is 2. The van der Waals surface area contributed by atoms with Crippen molar-refractivity contribution in [2.24, 2.45) is 0 Å². The second kappa shape index (κ2) is 8.40. The van der Waals surface area contributed by atoms with E-state index in [-0.39, 0.29) is 19.1 Å². The summed E-state index contributed by atoms with van der Waals surface area (Å²) in [5, 5.41) is 0. The molecule has 0 aliphatic rings. The fraction of sp³-hybridized carbons (Fsp3) is 0.100. The van der Waals surface area contributed by atoms with E-state index in [9.17, 15) is 25.6 Å². The normalized spacial score (nSPS) is 13.3. The van der Waals surface area contributed by atoms with Gasteiger partial charge in [0.25, 0.3) is 20.0 Å². The maximum atomic E-state index is 14.9. The quantitative estimate of drug-likeness (QED) is 0.562. The van der Waals surface area contributed by atoms with Crippen molar-refractivity contribution >= 4 is 20.0 Å². The summed E-state index contributed by atoms with van der Waals surface area (Å²) in [5.41, 5.74) is -0.0390. The maximum Gasteiger partial charge on any atom is 0.256 e. The van der Waals surface area contributed by atoms with Crippen LogP contribution < -0.4 is 0 Å². The van der Waals surface area contributed by atoms with Gasteiger partial charge >= 0.3 is 0 Å². The van der Waals surface area contributed by atoms with E-state index in [1.807, 2.05) is 0 Å². The molecule has 3 aromatic rings. The van der Waals surface area contributed by atoms with Crippen LogP contribution in [0.2, 0.25) is 0 Å². The second-order valence-electron chi connectivity index (χ2n) is 6.11. The minimum atomic E-state index is -4.59. The van der Waals surface area contributed by atoms with Crippen LogP contribution in [0.5, 0.6) is 0 Å². The van der Waals surface area contributed by atoms with E-state index in [1.165, 1.54) is 48.5 Å². The summed E-state index contributed by atoms with van der Waals surface area (Å²) in [6.45, 7) is -0.986. The molecule has 1 unspecified atom stereocenters. The molecule has 0 bridgehead atoms. The van der Waals surface area contributed by atoms with E-state index in [1.54, 1.807) is 12.1 Å². The number of halogens is 2. The van der Waals surface area contributed by atoms with Gasteiger partial charge < -0.3 is 0 Å². The molecule has 0 spiro atoms. The molecule has 5 nitrogen and oxygen atoms in total. The Morgan fingerprint density at radius 2 is 1.10 bits per heavy atom. The molecule has 0 aromatic heterocycles. The molecular formula is C20H17F2NO4S2. The molecule has 0 heterocycles. The van der Waals surface area contributed by atoms with Gasteiger partial charge in [-0.25, -0.2) is 25.6 Å². The van der Waals surface area contributed by atoms with Crippen molar-refractivity contribution in [2.45, 2.75) is 16.0 Å². The standard InChI is InChI=1S/C20H17F2NO4S2/c21-17-13-11-16(12-14-17)20(22)15-23(28(24,25)18-7-3-1-4-8-18)29(26,27)19-9-5-2-6-10-19/h1-14,20H,15H2. The molecular weight excluding hydrogens is 420 g/mol. The zero-order chi connectivity index (χ0) is 21.1. The van der Waals surface area contributed by atoms with Crippen molar-refractivity contribution in [1.29, 1.82) is 0 Å². The Hall–Kier alpha value is -2.62. The van der Waals surface area contributed by atoms with Gasteiger partial charge in [0.05, 0.1) is 16.3 Å². The molecule has 0 amide bonds. The van der Waals surface area contributed by atoms with Gasteiger partial charge in [-0.15, -0.1) is 0 Å². The van der Waals surface area contributed by atoms with Crippen LogP contribution in [-0.4, -0.2) is 27.1 Å². The highest BCUT2D eigenvalue weighted by molar-refractivity contribution is 8.04. The molecule has 0 saturated heterocycles. The van der Waals surface area contributed by atoms with E-state index in [0.29, 0.717) is 0 Å². The van der Waals surface area contributed by atoms with Crippen molar-refractivity contribution < 1.29 is 25.6 Å². The van der Waals surface area contributed by atoms with E-state index >= 15 is 0 Å². The lowest BCUT2D eigenvalue weighted by atomic mass is 10.1. The van der Waals surface area contributed by atoms with E-state index in [0.717, 1.165) is 24.3 Å². The zero-order valence-electron chi connectivity index (χ0n) is 15.0. The molecule has 0 radical (unpaired) electrons. The molecule has 0 N–H and O–H groups in total. The molecule has 29 heavy (non-hydrogen) atoms. The third-order valence-electron chi connectivity index (χ3n) is 4.16. The highest BCUT2D eigenvalue weighted by Crippen LogP contribution is 2.29. The Morgan fingerprint density at radius 1 is 0.690 bits per heavy atom. The molecule has 0 aliphatic carbocycles. The number of nitrogens with zero attached hydrogens (tertiary/aromatic N) is 1. The summed E-state index contributed by atoms with van der Waals surface area (Å²) >= 11 is 0. The molecule has 152 valence electrons. The monoisotopic (exact) mass is 437 g/mol. The molecule has 0 saturated carbocycles. The van der Waals surface area contributed by atoms with Crippen LogP contribution in [0.3, 0.4) is 0 Å². The molecule has 3 rings (SSSR count). The summed E-state index contributed by atoms with van der Waals surface area (Å²) in [6, 6.07) is 18.1. The fourth-order valence-corrected chi connectivity index (χ4v) is 6.33. The SMILES string of the molecule is O=S(=O)(c1ccccc1)N(CC(F)c1ccc(F)cc1)S(=O)(=O)c1ccccc1. The lowest BCUT2D eigenvalue weighted by Gasteiger charge is -2.24. The minimum absolute atomic E-state index is 0.0390. The van der Waals surface area contributed by atoms with E-state index < -0.39 is 38.6 Å². The third-order valence-corrected chi connectivity index (χ3v) is 8.44. The Kier molecular flexibility index (Phi) is 6.11. The Morgan fingerprint density at radius 3 is 1.52 bits per heavy atom. The van der Waals surface area contributed by atoms with Crippen molar-refractivity contribution in [1.82, 2.24) is 3.71 Å². The summed E-state index contributed by atoms with van der Waals surface area (Å²) in [6.07, 6.45) is -1.99. The number of rotatable bonds is 7. The first kappa shape index (κ1) is 21.1. The summed E-state index contributed by atoms with van der Waals surface area (Å²) in [7, 11) is -9.17. The van der Waals surface area contributed by atoms with Crippen molar-refractivity contribution in [3.63, 3.8) is 0 Å². The van der Waals surface area contributed by atoms with Crippen molar-refractivity contribution in [2.75, 3.05) is 6.54 Å². The topological polar surface area (TPSA) is 71.5 Å². The van der Waals surface area contributed by atoms with Crippen LogP contribution in [0.15, 0.2) is 94.7 Å². The maximum absolute atomic E-state index is 14.9. The number of hydrogen-bond acceptors (Lipinski definition) is 4. The van der Waals surface area contributed by atoms with Crippen LogP contribution in [-0.2, 0) is 20.0 Å². The first-order chi connectivity index (χ1) is 13.7. The Bertz CT molecular complexity index is 1100. The molecule has 0 aliphatic heterocycles. The van der Waals surface area contributed by atoms with Gasteiger partial charge in [-0.3, -0.25) is 0 Å². The van der Waals surface area contributed by atoms with Crippen LogP contribution in [0, 0.1) is 5.82 Å². The number of alkyl halides is 1. The Labute approximate surface area is 168 Å². The average Bonchev–Trinajstić information content (AvgIpc) is 2.73. The van der Waals surface area contributed by atoms with Crippen LogP contribution in [0.25, 0.3) is 0 Å². The lowest BCUT2D eigenvalue weighted by Crippen LogP contribution is -2.39. The average molecular weight is 437 g/mol. The fourth-order valence-electron chi connectivity index (χ4n) is 2.65. The van der Waals surface area contributed by atoms with E-state index in [2.05, 4.69) is 0 Å². The predicted molar refractivity (Wildman–Crippen MR) is 104 cm³/mol. The highest BCUT2D eigenvalue weighted by Gasteiger charge is 2.38. The third kappa shape index (κ3) is 4.52. The van der Waals surface area contributed by atoms with Gasteiger partial charge in [-0.05, 0) is 42.0 Å². The predicted octanol–water partition coefficient (Wildman–Crippen LogP) is 3.92. The molecule has 3 aromatic carbocycles. The van der Waals surface area contributed by atoms with Crippen LogP contribution >= 0.6 is 0 Å². The smallest absolute Gasteiger partial charge is 0.241 e. The highest BCUT2D eigenvalue weighted by atomic mass is 32.3. The van der Waals surface area contributed by atoms with Gasteiger partial charge in [0.15, 0.2) is 0 Å². The Balaban J connectivity index is 2.08. The largest absolute Gasteiger partial charge is 0.256 e. The van der Waals surface area contributed by atoms with Gasteiger partial charge in [-0.1, -0.05) is 52.2 Å².